The smallest absolute Gasteiger partial charge is 0.191 e. The number of aliphatic imine (C=N–C) groups is 1. The van der Waals surface area contributed by atoms with E-state index in [1.807, 2.05) is 6.92 Å². The Labute approximate surface area is 161 Å². The molecule has 0 aliphatic rings. The lowest BCUT2D eigenvalue weighted by Crippen LogP contribution is -2.40. The maximum Gasteiger partial charge on any atom is 0.191 e. The van der Waals surface area contributed by atoms with Crippen molar-refractivity contribution in [2.24, 2.45) is 10.9 Å². The Morgan fingerprint density at radius 3 is 2.52 bits per heavy atom. The van der Waals surface area contributed by atoms with Crippen LogP contribution in [0.15, 0.2) is 4.99 Å². The summed E-state index contributed by atoms with van der Waals surface area (Å²) in [6.45, 7) is 10.9. The van der Waals surface area contributed by atoms with Gasteiger partial charge < -0.3 is 15.7 Å². The van der Waals surface area contributed by atoms with Crippen LogP contribution >= 0.6 is 35.3 Å². The Kier molecular flexibility index (Phi) is 12.7. The van der Waals surface area contributed by atoms with Crippen molar-refractivity contribution < 1.29 is 5.11 Å². The first kappa shape index (κ1) is 22.6. The van der Waals surface area contributed by atoms with E-state index < -0.39 is 0 Å². The van der Waals surface area contributed by atoms with Gasteiger partial charge in [0.15, 0.2) is 5.96 Å². The Morgan fingerprint density at radius 1 is 1.26 bits per heavy atom. The maximum absolute atomic E-state index is 9.13. The van der Waals surface area contributed by atoms with Gasteiger partial charge in [-0.3, -0.25) is 0 Å². The van der Waals surface area contributed by atoms with Crippen molar-refractivity contribution in [1.29, 1.82) is 0 Å². The normalized spacial score (nSPS) is 12.7. The Bertz CT molecular complexity index is 439. The Morgan fingerprint density at radius 2 is 2.00 bits per heavy atom. The van der Waals surface area contributed by atoms with Gasteiger partial charge in [0.05, 0.1) is 12.2 Å². The molecule has 0 aliphatic carbocycles. The van der Waals surface area contributed by atoms with Gasteiger partial charge in [0, 0.05) is 24.6 Å². The molecule has 134 valence electrons. The van der Waals surface area contributed by atoms with Crippen molar-refractivity contribution in [1.82, 2.24) is 15.6 Å². The molecule has 0 fully saturated rings. The van der Waals surface area contributed by atoms with Crippen molar-refractivity contribution in [2.75, 3.05) is 19.7 Å². The molecule has 3 N–H and O–H groups in total. The van der Waals surface area contributed by atoms with Crippen molar-refractivity contribution >= 4 is 41.3 Å². The molecule has 23 heavy (non-hydrogen) atoms. The topological polar surface area (TPSA) is 69.5 Å². The van der Waals surface area contributed by atoms with E-state index in [9.17, 15) is 0 Å². The molecule has 1 aromatic heterocycles. The minimum atomic E-state index is 0. The van der Waals surface area contributed by atoms with Crippen LogP contribution in [-0.4, -0.2) is 35.7 Å². The van der Waals surface area contributed by atoms with E-state index in [0.29, 0.717) is 12.5 Å². The minimum absolute atomic E-state index is 0. The molecule has 1 unspecified atom stereocenters. The van der Waals surface area contributed by atoms with Gasteiger partial charge in [-0.25, -0.2) is 9.98 Å². The second kappa shape index (κ2) is 12.9. The van der Waals surface area contributed by atoms with Gasteiger partial charge in [-0.2, -0.15) is 0 Å². The number of nitrogens with one attached hydrogen (secondary N) is 2. The van der Waals surface area contributed by atoms with E-state index in [1.165, 1.54) is 4.88 Å². The Balaban J connectivity index is 0.00000484. The minimum Gasteiger partial charge on any atom is -0.396 e. The van der Waals surface area contributed by atoms with Gasteiger partial charge in [-0.05, 0) is 39.5 Å². The van der Waals surface area contributed by atoms with E-state index in [-0.39, 0.29) is 30.6 Å². The SMILES string of the molecule is CCCC(CCO)CNC(=NCc1nc(C)c(C)s1)NCC.I. The summed E-state index contributed by atoms with van der Waals surface area (Å²) >= 11 is 1.71. The molecule has 1 rings (SSSR count). The van der Waals surface area contributed by atoms with Gasteiger partial charge >= 0.3 is 0 Å². The van der Waals surface area contributed by atoms with Crippen LogP contribution in [0.25, 0.3) is 0 Å². The lowest BCUT2D eigenvalue weighted by atomic mass is 10.0. The highest BCUT2D eigenvalue weighted by Gasteiger charge is 2.09. The van der Waals surface area contributed by atoms with Crippen LogP contribution in [0.2, 0.25) is 0 Å². The highest BCUT2D eigenvalue weighted by molar-refractivity contribution is 14.0. The molecular formula is C16H31IN4OS. The van der Waals surface area contributed by atoms with Crippen LogP contribution in [0, 0.1) is 19.8 Å². The van der Waals surface area contributed by atoms with Crippen LogP contribution in [-0.2, 0) is 6.54 Å². The fraction of sp³-hybridized carbons (Fsp3) is 0.750. The largest absolute Gasteiger partial charge is 0.396 e. The maximum atomic E-state index is 9.13. The fourth-order valence-corrected chi connectivity index (χ4v) is 3.13. The monoisotopic (exact) mass is 454 g/mol. The number of aryl methyl sites for hydroxylation is 2. The first-order chi connectivity index (χ1) is 10.6. The van der Waals surface area contributed by atoms with Crippen LogP contribution in [0.4, 0.5) is 0 Å². The van der Waals surface area contributed by atoms with Crippen molar-refractivity contribution in [2.45, 2.75) is 53.5 Å². The van der Waals surface area contributed by atoms with Gasteiger partial charge in [-0.1, -0.05) is 13.3 Å². The van der Waals surface area contributed by atoms with E-state index in [2.05, 4.69) is 41.4 Å². The number of halogens is 1. The van der Waals surface area contributed by atoms with E-state index in [1.54, 1.807) is 11.3 Å². The molecule has 0 bridgehead atoms. The molecule has 0 saturated heterocycles. The van der Waals surface area contributed by atoms with E-state index in [0.717, 1.165) is 49.0 Å². The third-order valence-corrected chi connectivity index (χ3v) is 4.64. The number of aromatic nitrogens is 1. The second-order valence-electron chi connectivity index (χ2n) is 5.49. The van der Waals surface area contributed by atoms with Crippen molar-refractivity contribution in [3.63, 3.8) is 0 Å². The van der Waals surface area contributed by atoms with Gasteiger partial charge in [0.2, 0.25) is 0 Å². The number of nitrogens with zero attached hydrogens (tertiary/aromatic N) is 2. The van der Waals surface area contributed by atoms with Gasteiger partial charge in [0.25, 0.3) is 0 Å². The molecule has 0 spiro atoms. The fourth-order valence-electron chi connectivity index (χ4n) is 2.28. The molecule has 0 aliphatic heterocycles. The number of hydrogen-bond donors (Lipinski definition) is 3. The number of guanidine groups is 1. The summed E-state index contributed by atoms with van der Waals surface area (Å²) < 4.78 is 0. The molecule has 1 aromatic rings. The van der Waals surface area contributed by atoms with E-state index >= 15 is 0 Å². The molecule has 1 heterocycles. The van der Waals surface area contributed by atoms with Crippen LogP contribution < -0.4 is 10.6 Å². The molecule has 0 amide bonds. The predicted octanol–water partition coefficient (Wildman–Crippen LogP) is 3.23. The summed E-state index contributed by atoms with van der Waals surface area (Å²) in [5.74, 6) is 1.32. The standard InChI is InChI=1S/C16H30N4OS.HI/c1-5-7-14(8-9-21)10-18-16(17-6-2)19-11-15-20-12(3)13(4)22-15;/h14,21H,5-11H2,1-4H3,(H2,17,18,19);1H. The zero-order valence-electron chi connectivity index (χ0n) is 14.7. The Hall–Kier alpha value is -0.410. The van der Waals surface area contributed by atoms with Crippen molar-refractivity contribution in [3.8, 4) is 0 Å². The predicted molar refractivity (Wildman–Crippen MR) is 110 cm³/mol. The molecular weight excluding hydrogens is 423 g/mol. The number of aliphatic hydroxyl groups excluding tert-OH is 1. The van der Waals surface area contributed by atoms with Gasteiger partial charge in [0.1, 0.15) is 5.01 Å². The second-order valence-corrected chi connectivity index (χ2v) is 6.78. The lowest BCUT2D eigenvalue weighted by Gasteiger charge is -2.18. The summed E-state index contributed by atoms with van der Waals surface area (Å²) in [5, 5.41) is 16.8. The van der Waals surface area contributed by atoms with E-state index in [4.69, 9.17) is 5.11 Å². The highest BCUT2D eigenvalue weighted by Crippen LogP contribution is 2.17. The summed E-state index contributed by atoms with van der Waals surface area (Å²) in [4.78, 5) is 10.4. The molecule has 0 saturated carbocycles. The van der Waals surface area contributed by atoms with Crippen LogP contribution in [0.1, 0.15) is 48.7 Å². The number of rotatable bonds is 9. The lowest BCUT2D eigenvalue weighted by molar-refractivity contribution is 0.251. The van der Waals surface area contributed by atoms with Crippen LogP contribution in [0.5, 0.6) is 0 Å². The third-order valence-electron chi connectivity index (χ3n) is 3.58. The van der Waals surface area contributed by atoms with Crippen LogP contribution in [0.3, 0.4) is 0 Å². The number of hydrogen-bond acceptors (Lipinski definition) is 4. The first-order valence-electron chi connectivity index (χ1n) is 8.16. The van der Waals surface area contributed by atoms with Gasteiger partial charge in [-0.15, -0.1) is 35.3 Å². The quantitative estimate of drug-likeness (QED) is 0.305. The molecule has 0 radical (unpaired) electrons. The molecule has 7 heteroatoms. The zero-order chi connectivity index (χ0) is 16.4. The summed E-state index contributed by atoms with van der Waals surface area (Å²) in [7, 11) is 0. The highest BCUT2D eigenvalue weighted by atomic mass is 127. The summed E-state index contributed by atoms with van der Waals surface area (Å²) in [6.07, 6.45) is 3.10. The molecule has 1 atom stereocenters. The molecule has 5 nitrogen and oxygen atoms in total. The first-order valence-corrected chi connectivity index (χ1v) is 8.98. The summed E-state index contributed by atoms with van der Waals surface area (Å²) in [6, 6.07) is 0. The number of thiazole rings is 1. The molecule has 0 aromatic carbocycles. The third kappa shape index (κ3) is 8.85. The van der Waals surface area contributed by atoms with Crippen molar-refractivity contribution in [3.05, 3.63) is 15.6 Å². The average molecular weight is 454 g/mol. The zero-order valence-corrected chi connectivity index (χ0v) is 17.8. The average Bonchev–Trinajstić information content (AvgIpc) is 2.81. The summed E-state index contributed by atoms with van der Waals surface area (Å²) in [5.41, 5.74) is 1.10. The number of aliphatic hydroxyl groups is 1.